The van der Waals surface area contributed by atoms with Crippen molar-refractivity contribution in [3.8, 4) is 0 Å². The van der Waals surface area contributed by atoms with Gasteiger partial charge in [0.15, 0.2) is 0 Å². The maximum Gasteiger partial charge on any atom is 0.120 e. The van der Waals surface area contributed by atoms with Crippen LogP contribution in [-0.4, -0.2) is 16.7 Å². The van der Waals surface area contributed by atoms with E-state index in [-0.39, 0.29) is 0 Å². The Hall–Kier alpha value is -0.480. The first-order valence-corrected chi connectivity index (χ1v) is 5.65. The van der Waals surface area contributed by atoms with Crippen LogP contribution in [0.1, 0.15) is 35.7 Å². The molecule has 1 aliphatic rings. The van der Waals surface area contributed by atoms with Crippen LogP contribution in [0.4, 0.5) is 0 Å². The minimum Gasteiger partial charge on any atom is -0.330 e. The molecule has 1 unspecified atom stereocenters. The van der Waals surface area contributed by atoms with E-state index in [1.165, 1.54) is 17.8 Å². The molecule has 72 valence electrons. The average Bonchev–Trinajstić information content (AvgIpc) is 2.87. The molecule has 0 bridgehead atoms. The van der Waals surface area contributed by atoms with Crippen LogP contribution in [0, 0.1) is 5.92 Å². The Labute approximate surface area is 82.4 Å². The predicted molar refractivity (Wildman–Crippen MR) is 53.8 cm³/mol. The zero-order chi connectivity index (χ0) is 9.26. The summed E-state index contributed by atoms with van der Waals surface area (Å²) in [6.07, 6.45) is 3.61. The van der Waals surface area contributed by atoms with E-state index in [0.29, 0.717) is 12.5 Å². The molecule has 13 heavy (non-hydrogen) atoms. The van der Waals surface area contributed by atoms with Crippen LogP contribution in [0.2, 0.25) is 0 Å². The third-order valence-electron chi connectivity index (χ3n) is 2.56. The molecule has 1 fully saturated rings. The molecule has 1 aromatic heterocycles. The summed E-state index contributed by atoms with van der Waals surface area (Å²) in [7, 11) is 0. The summed E-state index contributed by atoms with van der Waals surface area (Å²) in [5.74, 6) is 1.49. The second kappa shape index (κ2) is 3.72. The van der Waals surface area contributed by atoms with Gasteiger partial charge in [-0.15, -0.1) is 21.5 Å². The van der Waals surface area contributed by atoms with Crippen LogP contribution in [0.5, 0.6) is 0 Å². The molecule has 2 rings (SSSR count). The fourth-order valence-electron chi connectivity index (χ4n) is 1.47. The van der Waals surface area contributed by atoms with Gasteiger partial charge in [0.25, 0.3) is 0 Å². The zero-order valence-electron chi connectivity index (χ0n) is 7.86. The summed E-state index contributed by atoms with van der Waals surface area (Å²) in [4.78, 5) is 0. The van der Waals surface area contributed by atoms with Crippen molar-refractivity contribution in [2.24, 2.45) is 11.7 Å². The summed E-state index contributed by atoms with van der Waals surface area (Å²) in [5, 5.41) is 10.6. The molecular formula is C9H15N3S. The van der Waals surface area contributed by atoms with Crippen molar-refractivity contribution in [1.29, 1.82) is 0 Å². The third kappa shape index (κ3) is 2.06. The van der Waals surface area contributed by atoms with Gasteiger partial charge in [0.1, 0.15) is 10.0 Å². The van der Waals surface area contributed by atoms with Gasteiger partial charge in [0.05, 0.1) is 0 Å². The summed E-state index contributed by atoms with van der Waals surface area (Å²) in [5.41, 5.74) is 5.46. The average molecular weight is 197 g/mol. The van der Waals surface area contributed by atoms with Crippen LogP contribution in [0.25, 0.3) is 0 Å². The first-order valence-electron chi connectivity index (χ1n) is 4.83. The minimum atomic E-state index is 0.615. The van der Waals surface area contributed by atoms with Crippen molar-refractivity contribution in [3.63, 3.8) is 0 Å². The minimum absolute atomic E-state index is 0.615. The van der Waals surface area contributed by atoms with Crippen molar-refractivity contribution in [1.82, 2.24) is 10.2 Å². The summed E-state index contributed by atoms with van der Waals surface area (Å²) in [6, 6.07) is 0. The lowest BCUT2D eigenvalue weighted by Gasteiger charge is -2.02. The Morgan fingerprint density at radius 2 is 2.31 bits per heavy atom. The van der Waals surface area contributed by atoms with E-state index in [1.54, 1.807) is 11.3 Å². The zero-order valence-corrected chi connectivity index (χ0v) is 8.68. The number of rotatable bonds is 4. The molecule has 0 aliphatic heterocycles. The Balaban J connectivity index is 2.03. The highest BCUT2D eigenvalue weighted by Crippen LogP contribution is 2.42. The highest BCUT2D eigenvalue weighted by Gasteiger charge is 2.31. The number of nitrogens with zero attached hydrogens (tertiary/aromatic N) is 2. The topological polar surface area (TPSA) is 51.8 Å². The largest absolute Gasteiger partial charge is 0.330 e. The second-order valence-electron chi connectivity index (χ2n) is 3.70. The van der Waals surface area contributed by atoms with E-state index >= 15 is 0 Å². The van der Waals surface area contributed by atoms with Gasteiger partial charge in [-0.3, -0.25) is 0 Å². The van der Waals surface area contributed by atoms with E-state index in [4.69, 9.17) is 5.73 Å². The molecule has 1 aliphatic carbocycles. The van der Waals surface area contributed by atoms with E-state index in [0.717, 1.165) is 17.3 Å². The normalized spacial score (nSPS) is 18.9. The van der Waals surface area contributed by atoms with Crippen molar-refractivity contribution >= 4 is 11.3 Å². The van der Waals surface area contributed by atoms with Crippen LogP contribution < -0.4 is 5.73 Å². The molecule has 1 aromatic rings. The SMILES string of the molecule is CC(c1nnc(CCN)s1)C1CC1. The van der Waals surface area contributed by atoms with E-state index in [9.17, 15) is 0 Å². The van der Waals surface area contributed by atoms with Gasteiger partial charge in [-0.2, -0.15) is 0 Å². The first kappa shape index (κ1) is 9.09. The maximum absolute atomic E-state index is 5.46. The quantitative estimate of drug-likeness (QED) is 0.796. The Bertz CT molecular complexity index is 280. The van der Waals surface area contributed by atoms with Crippen molar-refractivity contribution in [2.45, 2.75) is 32.1 Å². The summed E-state index contributed by atoms with van der Waals surface area (Å²) >= 11 is 1.73. The van der Waals surface area contributed by atoms with Gasteiger partial charge in [-0.05, 0) is 25.3 Å². The molecule has 0 amide bonds. The molecule has 1 heterocycles. The van der Waals surface area contributed by atoms with Crippen molar-refractivity contribution < 1.29 is 0 Å². The molecule has 3 nitrogen and oxygen atoms in total. The molecule has 0 saturated heterocycles. The summed E-state index contributed by atoms with van der Waals surface area (Å²) < 4.78 is 0. The summed E-state index contributed by atoms with van der Waals surface area (Å²) in [6.45, 7) is 2.93. The monoisotopic (exact) mass is 197 g/mol. The van der Waals surface area contributed by atoms with E-state index < -0.39 is 0 Å². The molecule has 1 atom stereocenters. The van der Waals surface area contributed by atoms with Crippen LogP contribution in [0.15, 0.2) is 0 Å². The maximum atomic E-state index is 5.46. The Kier molecular flexibility index (Phi) is 2.60. The molecule has 4 heteroatoms. The lowest BCUT2D eigenvalue weighted by atomic mass is 10.1. The fraction of sp³-hybridized carbons (Fsp3) is 0.778. The first-order chi connectivity index (χ1) is 6.31. The number of aromatic nitrogens is 2. The van der Waals surface area contributed by atoms with E-state index in [1.807, 2.05) is 0 Å². The Morgan fingerprint density at radius 1 is 1.54 bits per heavy atom. The number of nitrogens with two attached hydrogens (primary N) is 1. The lowest BCUT2D eigenvalue weighted by molar-refractivity contribution is 0.650. The highest BCUT2D eigenvalue weighted by atomic mass is 32.1. The molecule has 0 spiro atoms. The molecule has 2 N–H and O–H groups in total. The lowest BCUT2D eigenvalue weighted by Crippen LogP contribution is -2.01. The van der Waals surface area contributed by atoms with Gasteiger partial charge in [-0.25, -0.2) is 0 Å². The highest BCUT2D eigenvalue weighted by molar-refractivity contribution is 7.11. The third-order valence-corrected chi connectivity index (χ3v) is 3.74. The van der Waals surface area contributed by atoms with Crippen LogP contribution >= 0.6 is 11.3 Å². The van der Waals surface area contributed by atoms with Crippen molar-refractivity contribution in [2.75, 3.05) is 6.54 Å². The van der Waals surface area contributed by atoms with E-state index in [2.05, 4.69) is 17.1 Å². The van der Waals surface area contributed by atoms with Gasteiger partial charge in [0.2, 0.25) is 0 Å². The van der Waals surface area contributed by atoms with Gasteiger partial charge in [0, 0.05) is 12.3 Å². The molecule has 0 radical (unpaired) electrons. The fourth-order valence-corrected chi connectivity index (χ4v) is 2.48. The van der Waals surface area contributed by atoms with Gasteiger partial charge >= 0.3 is 0 Å². The second-order valence-corrected chi connectivity index (χ2v) is 4.79. The Morgan fingerprint density at radius 3 is 2.92 bits per heavy atom. The van der Waals surface area contributed by atoms with Crippen LogP contribution in [-0.2, 0) is 6.42 Å². The smallest absolute Gasteiger partial charge is 0.120 e. The standard InChI is InChI=1S/C9H15N3S/c1-6(7-2-3-7)9-12-11-8(13-9)4-5-10/h6-7H,2-5,10H2,1H3. The predicted octanol–water partition coefficient (Wildman–Crippen LogP) is 1.55. The molecular weight excluding hydrogens is 182 g/mol. The van der Waals surface area contributed by atoms with Crippen LogP contribution in [0.3, 0.4) is 0 Å². The van der Waals surface area contributed by atoms with Crippen molar-refractivity contribution in [3.05, 3.63) is 10.0 Å². The molecule has 0 aromatic carbocycles. The number of hydrogen-bond donors (Lipinski definition) is 1. The number of hydrogen-bond acceptors (Lipinski definition) is 4. The molecule has 1 saturated carbocycles. The van der Waals surface area contributed by atoms with Gasteiger partial charge < -0.3 is 5.73 Å². The van der Waals surface area contributed by atoms with Gasteiger partial charge in [-0.1, -0.05) is 6.92 Å².